The second-order valence-electron chi connectivity index (χ2n) is 3.49. The molecule has 0 amide bonds. The van der Waals surface area contributed by atoms with Crippen molar-refractivity contribution in [3.05, 3.63) is 21.5 Å². The highest BCUT2D eigenvalue weighted by Crippen LogP contribution is 2.36. The summed E-state index contributed by atoms with van der Waals surface area (Å²) >= 11 is 6.24. The minimum absolute atomic E-state index is 0.0697. The van der Waals surface area contributed by atoms with Crippen LogP contribution < -0.4 is 5.73 Å². The molecule has 96 valence electrons. The molecule has 17 heavy (non-hydrogen) atoms. The Morgan fingerprint density at radius 1 is 1.53 bits per heavy atom. The Morgan fingerprint density at radius 2 is 2.18 bits per heavy atom. The number of aliphatic hydroxyl groups is 2. The predicted octanol–water partition coefficient (Wildman–Crippen LogP) is 0.933. The van der Waals surface area contributed by atoms with Gasteiger partial charge in [-0.2, -0.15) is 0 Å². The summed E-state index contributed by atoms with van der Waals surface area (Å²) in [5.74, 6) is 0.482. The number of aromatic hydroxyl groups is 1. The van der Waals surface area contributed by atoms with Crippen LogP contribution in [0.25, 0.3) is 0 Å². The molecule has 0 fully saturated rings. The number of aryl methyl sites for hydroxylation is 1. The molecule has 0 saturated heterocycles. The van der Waals surface area contributed by atoms with Crippen molar-refractivity contribution < 1.29 is 15.3 Å². The first kappa shape index (κ1) is 14.5. The van der Waals surface area contributed by atoms with Crippen LogP contribution in [0.15, 0.2) is 0 Å². The van der Waals surface area contributed by atoms with Crippen LogP contribution in [-0.2, 0) is 6.61 Å². The van der Waals surface area contributed by atoms with Crippen LogP contribution in [0.4, 0.5) is 0 Å². The third kappa shape index (κ3) is 3.20. The molecule has 0 aromatic carbocycles. The van der Waals surface area contributed by atoms with Crippen molar-refractivity contribution in [2.45, 2.75) is 19.0 Å². The maximum Gasteiger partial charge on any atom is 0.141 e. The zero-order valence-corrected chi connectivity index (χ0v) is 11.1. The van der Waals surface area contributed by atoms with Gasteiger partial charge in [-0.25, -0.2) is 0 Å². The monoisotopic (exact) mass is 276 g/mol. The van der Waals surface area contributed by atoms with E-state index >= 15 is 0 Å². The number of nitrogens with two attached hydrogens (primary N) is 1. The first-order valence-corrected chi connectivity index (χ1v) is 6.53. The molecule has 0 spiro atoms. The minimum atomic E-state index is -0.948. The molecule has 0 saturated carbocycles. The van der Waals surface area contributed by atoms with Crippen LogP contribution in [0.1, 0.15) is 22.3 Å². The standard InChI is InChI=1S/C10H16N2O3S2/c1-5-8(14)7(10(15)17-3-2-11)6(4-13)9(16)12-5/h10,13-15H,2-4,11H2,1H3,(H,12,16). The zero-order chi connectivity index (χ0) is 13.0. The fourth-order valence-corrected chi connectivity index (χ4v) is 2.57. The smallest absolute Gasteiger partial charge is 0.141 e. The second-order valence-corrected chi connectivity index (χ2v) is 5.09. The van der Waals surface area contributed by atoms with E-state index in [0.29, 0.717) is 28.2 Å². The van der Waals surface area contributed by atoms with E-state index in [1.165, 1.54) is 11.8 Å². The number of nitrogens with one attached hydrogen (secondary N) is 1. The van der Waals surface area contributed by atoms with Crippen molar-refractivity contribution >= 4 is 24.0 Å². The molecule has 7 heteroatoms. The van der Waals surface area contributed by atoms with Crippen LogP contribution in [-0.4, -0.2) is 32.6 Å². The van der Waals surface area contributed by atoms with Crippen molar-refractivity contribution in [3.8, 4) is 5.75 Å². The third-order valence-electron chi connectivity index (χ3n) is 2.31. The van der Waals surface area contributed by atoms with E-state index in [1.54, 1.807) is 6.92 Å². The van der Waals surface area contributed by atoms with E-state index in [4.69, 9.17) is 18.0 Å². The van der Waals surface area contributed by atoms with Crippen molar-refractivity contribution in [3.63, 3.8) is 0 Å². The Balaban J connectivity index is 3.24. The van der Waals surface area contributed by atoms with E-state index in [2.05, 4.69) is 4.98 Å². The van der Waals surface area contributed by atoms with Crippen molar-refractivity contribution in [1.82, 2.24) is 4.98 Å². The molecule has 1 rings (SSSR count). The van der Waals surface area contributed by atoms with E-state index in [1.807, 2.05) is 0 Å². The lowest BCUT2D eigenvalue weighted by Gasteiger charge is -2.17. The molecule has 6 N–H and O–H groups in total. The molecule has 1 aromatic heterocycles. The van der Waals surface area contributed by atoms with Gasteiger partial charge < -0.3 is 26.0 Å². The van der Waals surface area contributed by atoms with Gasteiger partial charge in [0.1, 0.15) is 15.8 Å². The molecular formula is C10H16N2O3S2. The lowest BCUT2D eigenvalue weighted by atomic mass is 10.1. The summed E-state index contributed by atoms with van der Waals surface area (Å²) in [7, 11) is 0. The fourth-order valence-electron chi connectivity index (χ4n) is 1.46. The van der Waals surface area contributed by atoms with Crippen molar-refractivity contribution in [2.75, 3.05) is 12.3 Å². The van der Waals surface area contributed by atoms with Gasteiger partial charge in [-0.3, -0.25) is 0 Å². The van der Waals surface area contributed by atoms with E-state index in [9.17, 15) is 15.3 Å². The summed E-state index contributed by atoms with van der Waals surface area (Å²) in [4.78, 5) is 2.77. The number of rotatable bonds is 5. The van der Waals surface area contributed by atoms with Crippen LogP contribution in [0.3, 0.4) is 0 Å². The van der Waals surface area contributed by atoms with Gasteiger partial charge in [-0.15, -0.1) is 11.8 Å². The summed E-state index contributed by atoms with van der Waals surface area (Å²) in [5.41, 5.74) is 5.49. The molecule has 1 aromatic rings. The highest BCUT2D eigenvalue weighted by molar-refractivity contribution is 7.99. The van der Waals surface area contributed by atoms with E-state index < -0.39 is 5.44 Å². The average Bonchev–Trinajstić information content (AvgIpc) is 2.30. The number of hydrogen-bond acceptors (Lipinski definition) is 6. The van der Waals surface area contributed by atoms with Crippen LogP contribution in [0, 0.1) is 11.6 Å². The second kappa shape index (κ2) is 6.36. The SMILES string of the molecule is Cc1[nH]c(=S)c(CO)c(C(O)SCCN)c1O. The molecular weight excluding hydrogens is 260 g/mol. The summed E-state index contributed by atoms with van der Waals surface area (Å²) < 4.78 is 0.324. The molecule has 0 aliphatic heterocycles. The van der Waals surface area contributed by atoms with Gasteiger partial charge in [0.05, 0.1) is 12.3 Å². The normalized spacial score (nSPS) is 12.7. The number of aliphatic hydroxyl groups excluding tert-OH is 2. The zero-order valence-electron chi connectivity index (χ0n) is 9.43. The number of pyridine rings is 1. The van der Waals surface area contributed by atoms with Crippen LogP contribution in [0.2, 0.25) is 0 Å². The van der Waals surface area contributed by atoms with Crippen molar-refractivity contribution in [2.24, 2.45) is 5.73 Å². The van der Waals surface area contributed by atoms with Gasteiger partial charge in [0.25, 0.3) is 0 Å². The molecule has 1 heterocycles. The largest absolute Gasteiger partial charge is 0.506 e. The van der Waals surface area contributed by atoms with E-state index in [-0.39, 0.29) is 17.9 Å². The number of H-pyrrole nitrogens is 1. The number of aromatic amines is 1. The minimum Gasteiger partial charge on any atom is -0.506 e. The predicted molar refractivity (Wildman–Crippen MR) is 70.4 cm³/mol. The summed E-state index contributed by atoms with van der Waals surface area (Å²) in [6.45, 7) is 1.74. The fraction of sp³-hybridized carbons (Fsp3) is 0.500. The molecule has 1 unspecified atom stereocenters. The van der Waals surface area contributed by atoms with Crippen LogP contribution >= 0.6 is 24.0 Å². The number of hydrogen-bond donors (Lipinski definition) is 5. The summed E-state index contributed by atoms with van der Waals surface area (Å²) in [6.07, 6.45) is 0. The Kier molecular flexibility index (Phi) is 5.41. The average molecular weight is 276 g/mol. The van der Waals surface area contributed by atoms with Crippen LogP contribution in [0.5, 0.6) is 5.75 Å². The van der Waals surface area contributed by atoms with E-state index in [0.717, 1.165) is 0 Å². The highest BCUT2D eigenvalue weighted by atomic mass is 32.2. The molecule has 0 bridgehead atoms. The third-order valence-corrected chi connectivity index (χ3v) is 3.68. The van der Waals surface area contributed by atoms with Gasteiger partial charge in [-0.05, 0) is 6.92 Å². The molecule has 0 radical (unpaired) electrons. The summed E-state index contributed by atoms with van der Waals surface area (Å²) in [6, 6.07) is 0. The van der Waals surface area contributed by atoms with Gasteiger partial charge in [-0.1, -0.05) is 12.2 Å². The van der Waals surface area contributed by atoms with Gasteiger partial charge in [0.15, 0.2) is 0 Å². The Hall–Kier alpha value is -0.600. The molecule has 1 atom stereocenters. The summed E-state index contributed by atoms with van der Waals surface area (Å²) in [5, 5.41) is 29.1. The Labute approximate surface area is 109 Å². The number of thioether (sulfide) groups is 1. The molecule has 0 aliphatic carbocycles. The van der Waals surface area contributed by atoms with Gasteiger partial charge in [0.2, 0.25) is 0 Å². The van der Waals surface area contributed by atoms with Gasteiger partial charge in [0, 0.05) is 23.4 Å². The van der Waals surface area contributed by atoms with Gasteiger partial charge >= 0.3 is 0 Å². The lowest BCUT2D eigenvalue weighted by molar-refractivity contribution is 0.246. The topological polar surface area (TPSA) is 102 Å². The Bertz CT molecular complexity index is 448. The molecule has 5 nitrogen and oxygen atoms in total. The molecule has 0 aliphatic rings. The highest BCUT2D eigenvalue weighted by Gasteiger charge is 2.20. The first-order valence-electron chi connectivity index (χ1n) is 5.08. The van der Waals surface area contributed by atoms with Crippen molar-refractivity contribution in [1.29, 1.82) is 0 Å². The maximum absolute atomic E-state index is 9.97. The Morgan fingerprint density at radius 3 is 2.71 bits per heavy atom. The number of aromatic nitrogens is 1. The quantitative estimate of drug-likeness (QED) is 0.405. The first-order chi connectivity index (χ1) is 8.02. The maximum atomic E-state index is 9.97. The lowest BCUT2D eigenvalue weighted by Crippen LogP contribution is -2.07.